The van der Waals surface area contributed by atoms with E-state index in [1.54, 1.807) is 0 Å². The van der Waals surface area contributed by atoms with Crippen LogP contribution in [0.4, 0.5) is 13.2 Å². The molecule has 1 aliphatic heterocycles. The highest BCUT2D eigenvalue weighted by Crippen LogP contribution is 2.35. The van der Waals surface area contributed by atoms with E-state index >= 15 is 0 Å². The van der Waals surface area contributed by atoms with Gasteiger partial charge in [-0.1, -0.05) is 12.1 Å². The number of alkyl halides is 3. The maximum Gasteiger partial charge on any atom is 0.417 e. The molecule has 0 atom stereocenters. The summed E-state index contributed by atoms with van der Waals surface area (Å²) in [5.74, 6) is 0.730. The van der Waals surface area contributed by atoms with E-state index in [1.807, 2.05) is 16.8 Å². The lowest BCUT2D eigenvalue weighted by Crippen LogP contribution is -2.42. The van der Waals surface area contributed by atoms with Gasteiger partial charge in [0.25, 0.3) is 0 Å². The zero-order chi connectivity index (χ0) is 18.1. The molecule has 0 radical (unpaired) electrons. The number of piperidine rings is 1. The van der Waals surface area contributed by atoms with Crippen molar-refractivity contribution in [3.05, 3.63) is 46.7 Å². The Labute approximate surface area is 147 Å². The van der Waals surface area contributed by atoms with Gasteiger partial charge in [0.2, 0.25) is 10.0 Å². The first kappa shape index (κ1) is 18.2. The molecule has 1 aromatic carbocycles. The Morgan fingerprint density at radius 2 is 1.80 bits per heavy atom. The first-order valence-corrected chi connectivity index (χ1v) is 10.0. The van der Waals surface area contributed by atoms with Gasteiger partial charge in [0, 0.05) is 18.5 Å². The number of hydrogen-bond acceptors (Lipinski definition) is 4. The molecule has 3 rings (SSSR count). The average Bonchev–Trinajstić information content (AvgIpc) is 3.07. The Morgan fingerprint density at radius 3 is 2.40 bits per heavy atom. The number of thiophene rings is 1. The molecule has 1 aliphatic rings. The Kier molecular flexibility index (Phi) is 5.08. The van der Waals surface area contributed by atoms with Crippen molar-refractivity contribution in [1.82, 2.24) is 4.31 Å². The fraction of sp³-hybridized carbons (Fsp3) is 0.375. The molecule has 1 saturated heterocycles. The van der Waals surface area contributed by atoms with E-state index in [9.17, 15) is 21.6 Å². The Morgan fingerprint density at radius 1 is 1.12 bits per heavy atom. The standard InChI is InChI=1S/C16H16F3NO3S2/c17-16(18,19)14-3-1-2-4-15(14)25(21,22)20-8-5-12(6-9-20)23-13-7-10-24-11-13/h1-4,7,10-12H,5-6,8-9H2. The molecular weight excluding hydrogens is 375 g/mol. The summed E-state index contributed by atoms with van der Waals surface area (Å²) < 4.78 is 71.5. The fourth-order valence-corrected chi connectivity index (χ4v) is 5.01. The topological polar surface area (TPSA) is 46.6 Å². The van der Waals surface area contributed by atoms with Gasteiger partial charge in [0.1, 0.15) is 11.9 Å². The lowest BCUT2D eigenvalue weighted by atomic mass is 10.1. The first-order valence-electron chi connectivity index (χ1n) is 7.64. The lowest BCUT2D eigenvalue weighted by Gasteiger charge is -2.31. The molecule has 0 unspecified atom stereocenters. The number of nitrogens with zero attached hydrogens (tertiary/aromatic N) is 1. The number of sulfonamides is 1. The van der Waals surface area contributed by atoms with Crippen molar-refractivity contribution in [2.45, 2.75) is 30.0 Å². The number of halogens is 3. The molecule has 0 amide bonds. The largest absolute Gasteiger partial charge is 0.489 e. The highest BCUT2D eigenvalue weighted by Gasteiger charge is 2.39. The van der Waals surface area contributed by atoms with E-state index < -0.39 is 26.7 Å². The van der Waals surface area contributed by atoms with Crippen molar-refractivity contribution in [3.63, 3.8) is 0 Å². The van der Waals surface area contributed by atoms with Gasteiger partial charge in [-0.2, -0.15) is 17.5 Å². The van der Waals surface area contributed by atoms with Gasteiger partial charge in [-0.25, -0.2) is 8.42 Å². The van der Waals surface area contributed by atoms with Gasteiger partial charge in [0.15, 0.2) is 0 Å². The van der Waals surface area contributed by atoms with Gasteiger partial charge < -0.3 is 4.74 Å². The van der Waals surface area contributed by atoms with Gasteiger partial charge in [-0.15, -0.1) is 11.3 Å². The quantitative estimate of drug-likeness (QED) is 0.792. The predicted molar refractivity (Wildman–Crippen MR) is 88.2 cm³/mol. The van der Waals surface area contributed by atoms with Gasteiger partial charge in [-0.05, 0) is 36.4 Å². The molecule has 4 nitrogen and oxygen atoms in total. The molecule has 0 spiro atoms. The second-order valence-corrected chi connectivity index (χ2v) is 8.36. The zero-order valence-corrected chi connectivity index (χ0v) is 14.7. The molecule has 2 aromatic rings. The molecule has 0 aliphatic carbocycles. The highest BCUT2D eigenvalue weighted by atomic mass is 32.2. The number of benzene rings is 1. The summed E-state index contributed by atoms with van der Waals surface area (Å²) in [5.41, 5.74) is -1.13. The third kappa shape index (κ3) is 3.99. The third-order valence-electron chi connectivity index (χ3n) is 4.01. The second-order valence-electron chi connectivity index (χ2n) is 5.67. The van der Waals surface area contributed by atoms with Crippen LogP contribution in [-0.2, 0) is 16.2 Å². The predicted octanol–water partition coefficient (Wildman–Crippen LogP) is 4.00. The molecule has 1 aromatic heterocycles. The number of rotatable bonds is 4. The van der Waals surface area contributed by atoms with Crippen LogP contribution in [0.25, 0.3) is 0 Å². The molecule has 2 heterocycles. The maximum atomic E-state index is 13.1. The molecule has 0 saturated carbocycles. The monoisotopic (exact) mass is 391 g/mol. The van der Waals surface area contributed by atoms with Crippen molar-refractivity contribution < 1.29 is 26.3 Å². The minimum Gasteiger partial charge on any atom is -0.489 e. The first-order chi connectivity index (χ1) is 11.8. The zero-order valence-electron chi connectivity index (χ0n) is 13.1. The van der Waals surface area contributed by atoms with Crippen LogP contribution in [0.15, 0.2) is 46.0 Å². The molecule has 25 heavy (non-hydrogen) atoms. The van der Waals surface area contributed by atoms with Crippen molar-refractivity contribution in [1.29, 1.82) is 0 Å². The van der Waals surface area contributed by atoms with Crippen LogP contribution in [0.5, 0.6) is 5.75 Å². The molecule has 136 valence electrons. The minimum absolute atomic E-state index is 0.128. The van der Waals surface area contributed by atoms with Crippen molar-refractivity contribution in [2.24, 2.45) is 0 Å². The van der Waals surface area contributed by atoms with Crippen molar-refractivity contribution in [2.75, 3.05) is 13.1 Å². The van der Waals surface area contributed by atoms with Crippen LogP contribution < -0.4 is 4.74 Å². The van der Waals surface area contributed by atoms with E-state index in [1.165, 1.54) is 23.5 Å². The van der Waals surface area contributed by atoms with E-state index in [0.717, 1.165) is 22.2 Å². The second kappa shape index (κ2) is 6.97. The average molecular weight is 391 g/mol. The fourth-order valence-electron chi connectivity index (χ4n) is 2.77. The molecule has 1 fully saturated rings. The van der Waals surface area contributed by atoms with Crippen LogP contribution in [0.3, 0.4) is 0 Å². The summed E-state index contributed by atoms with van der Waals surface area (Å²) in [7, 11) is -4.20. The summed E-state index contributed by atoms with van der Waals surface area (Å²) in [6, 6.07) is 6.11. The molecule has 0 N–H and O–H groups in total. The third-order valence-corrected chi connectivity index (χ3v) is 6.63. The van der Waals surface area contributed by atoms with E-state index in [0.29, 0.717) is 12.8 Å². The summed E-state index contributed by atoms with van der Waals surface area (Å²) in [6.07, 6.45) is -3.99. The maximum absolute atomic E-state index is 13.1. The smallest absolute Gasteiger partial charge is 0.417 e. The number of hydrogen-bond donors (Lipinski definition) is 0. The van der Waals surface area contributed by atoms with Crippen molar-refractivity contribution >= 4 is 21.4 Å². The minimum atomic E-state index is -4.72. The van der Waals surface area contributed by atoms with E-state index in [2.05, 4.69) is 0 Å². The Bertz CT molecular complexity index is 811. The van der Waals surface area contributed by atoms with Crippen LogP contribution in [0.2, 0.25) is 0 Å². The van der Waals surface area contributed by atoms with E-state index in [4.69, 9.17) is 4.74 Å². The van der Waals surface area contributed by atoms with Crippen molar-refractivity contribution in [3.8, 4) is 5.75 Å². The van der Waals surface area contributed by atoms with Gasteiger partial charge in [0.05, 0.1) is 10.5 Å². The summed E-state index contributed by atoms with van der Waals surface area (Å²) in [5, 5.41) is 3.73. The Hall–Kier alpha value is -1.58. The SMILES string of the molecule is O=S(=O)(c1ccccc1C(F)(F)F)N1CCC(Oc2ccsc2)CC1. The highest BCUT2D eigenvalue weighted by molar-refractivity contribution is 7.89. The normalized spacial score (nSPS) is 17.6. The van der Waals surface area contributed by atoms with Crippen LogP contribution in [0, 0.1) is 0 Å². The molecule has 9 heteroatoms. The summed E-state index contributed by atoms with van der Waals surface area (Å²) in [6.45, 7) is 0.257. The van der Waals surface area contributed by atoms with Crippen LogP contribution in [-0.4, -0.2) is 31.9 Å². The molecule has 0 bridgehead atoms. The van der Waals surface area contributed by atoms with E-state index in [-0.39, 0.29) is 19.2 Å². The summed E-state index contributed by atoms with van der Waals surface area (Å²) >= 11 is 1.50. The van der Waals surface area contributed by atoms with Gasteiger partial charge in [-0.3, -0.25) is 0 Å². The summed E-state index contributed by atoms with van der Waals surface area (Å²) in [4.78, 5) is -0.695. The van der Waals surface area contributed by atoms with Crippen LogP contribution in [0.1, 0.15) is 18.4 Å². The lowest BCUT2D eigenvalue weighted by molar-refractivity contribution is -0.139. The van der Waals surface area contributed by atoms with Gasteiger partial charge >= 0.3 is 6.18 Å². The molecular formula is C16H16F3NO3S2. The van der Waals surface area contributed by atoms with Crippen LogP contribution >= 0.6 is 11.3 Å². The Balaban J connectivity index is 1.75. The number of ether oxygens (including phenoxy) is 1.